The number of aliphatic hydroxyl groups excluding tert-OH is 1. The number of benzene rings is 2. The van der Waals surface area contributed by atoms with Crippen molar-refractivity contribution in [2.24, 2.45) is 5.41 Å². The third kappa shape index (κ3) is 3.09. The summed E-state index contributed by atoms with van der Waals surface area (Å²) in [5, 5.41) is 11.9. The molecule has 0 aliphatic heterocycles. The Kier molecular flexibility index (Phi) is 4.41. The smallest absolute Gasteiger partial charge is 0.232 e. The Labute approximate surface area is 178 Å². The van der Waals surface area contributed by atoms with Gasteiger partial charge in [-0.3, -0.25) is 0 Å². The van der Waals surface area contributed by atoms with Crippen LogP contribution in [0.1, 0.15) is 37.0 Å². The van der Waals surface area contributed by atoms with Crippen molar-refractivity contribution in [3.8, 4) is 22.2 Å². The van der Waals surface area contributed by atoms with E-state index in [-0.39, 0.29) is 5.41 Å². The highest BCUT2D eigenvalue weighted by Crippen LogP contribution is 2.56. The summed E-state index contributed by atoms with van der Waals surface area (Å²) in [5.41, 5.74) is 5.13. The molecular weight excluding hydrogens is 398 g/mol. The van der Waals surface area contributed by atoms with E-state index in [0.29, 0.717) is 5.88 Å². The number of ether oxygens (including phenoxy) is 2. The SMILES string of the molecule is COc1cc(C(O)C2(C)CC2)c2nc(-c3cc(C)cc4nc(OC)cnc34)sc2c1. The Hall–Kier alpha value is -2.77. The van der Waals surface area contributed by atoms with Gasteiger partial charge in [-0.2, -0.15) is 0 Å². The highest BCUT2D eigenvalue weighted by molar-refractivity contribution is 7.21. The number of aromatic nitrogens is 3. The molecule has 1 unspecified atom stereocenters. The van der Waals surface area contributed by atoms with Crippen LogP contribution in [0.2, 0.25) is 0 Å². The van der Waals surface area contributed by atoms with Gasteiger partial charge in [-0.25, -0.2) is 15.0 Å². The van der Waals surface area contributed by atoms with Gasteiger partial charge in [0, 0.05) is 11.1 Å². The van der Waals surface area contributed by atoms with Gasteiger partial charge < -0.3 is 14.6 Å². The summed E-state index contributed by atoms with van der Waals surface area (Å²) in [6, 6.07) is 7.97. The molecule has 5 rings (SSSR count). The van der Waals surface area contributed by atoms with Crippen LogP contribution in [-0.4, -0.2) is 34.3 Å². The molecule has 4 aromatic rings. The van der Waals surface area contributed by atoms with E-state index in [1.807, 2.05) is 25.1 Å². The van der Waals surface area contributed by atoms with E-state index in [9.17, 15) is 5.11 Å². The van der Waals surface area contributed by atoms with E-state index in [0.717, 1.165) is 61.5 Å². The number of thiazole rings is 1. The topological polar surface area (TPSA) is 77.4 Å². The molecule has 6 nitrogen and oxygen atoms in total. The molecule has 1 atom stereocenters. The van der Waals surface area contributed by atoms with Gasteiger partial charge in [0.1, 0.15) is 10.8 Å². The second kappa shape index (κ2) is 6.89. The minimum atomic E-state index is -0.566. The van der Waals surface area contributed by atoms with Gasteiger partial charge in [0.25, 0.3) is 0 Å². The lowest BCUT2D eigenvalue weighted by Gasteiger charge is -2.19. The maximum absolute atomic E-state index is 11.1. The van der Waals surface area contributed by atoms with Crippen LogP contribution in [0, 0.1) is 12.3 Å². The molecule has 0 amide bonds. The summed E-state index contributed by atoms with van der Waals surface area (Å²) in [4.78, 5) is 14.1. The number of methoxy groups -OCH3 is 2. The summed E-state index contributed by atoms with van der Waals surface area (Å²) in [6.07, 6.45) is 3.09. The Morgan fingerprint density at radius 1 is 1.07 bits per heavy atom. The van der Waals surface area contributed by atoms with Crippen LogP contribution in [0.5, 0.6) is 11.6 Å². The predicted molar refractivity (Wildman–Crippen MR) is 118 cm³/mol. The van der Waals surface area contributed by atoms with Crippen molar-refractivity contribution in [3.05, 3.63) is 41.6 Å². The Morgan fingerprint density at radius 2 is 1.87 bits per heavy atom. The molecule has 1 N–H and O–H groups in total. The predicted octanol–water partition coefficient (Wildman–Crippen LogP) is 5.07. The Morgan fingerprint density at radius 3 is 2.57 bits per heavy atom. The third-order valence-corrected chi connectivity index (χ3v) is 6.97. The quantitative estimate of drug-likeness (QED) is 0.485. The second-order valence-corrected chi connectivity index (χ2v) is 9.26. The number of aliphatic hydroxyl groups is 1. The maximum Gasteiger partial charge on any atom is 0.232 e. The average molecular weight is 422 g/mol. The summed E-state index contributed by atoms with van der Waals surface area (Å²) in [5.74, 6) is 1.21. The van der Waals surface area contributed by atoms with Gasteiger partial charge in [0.2, 0.25) is 5.88 Å². The molecule has 1 saturated carbocycles. The second-order valence-electron chi connectivity index (χ2n) is 8.23. The van der Waals surface area contributed by atoms with E-state index in [1.165, 1.54) is 0 Å². The number of hydrogen-bond donors (Lipinski definition) is 1. The van der Waals surface area contributed by atoms with Crippen molar-refractivity contribution < 1.29 is 14.6 Å². The fraction of sp³-hybridized carbons (Fsp3) is 0.348. The lowest BCUT2D eigenvalue weighted by atomic mass is 9.94. The molecule has 154 valence electrons. The van der Waals surface area contributed by atoms with Crippen LogP contribution in [-0.2, 0) is 0 Å². The first-order valence-corrected chi connectivity index (χ1v) is 10.7. The van der Waals surface area contributed by atoms with Gasteiger partial charge in [0.05, 0.1) is 47.8 Å². The maximum atomic E-state index is 11.1. The van der Waals surface area contributed by atoms with Gasteiger partial charge in [-0.1, -0.05) is 6.92 Å². The standard InChI is InChI=1S/C23H23N3O3S/c1-12-7-15(19-16(8-12)25-18(29-4)11-24-19)22-26-20-14(21(27)23(2)5-6-23)9-13(28-3)10-17(20)30-22/h7-11,21,27H,5-6H2,1-4H3. The number of hydrogen-bond acceptors (Lipinski definition) is 7. The summed E-state index contributed by atoms with van der Waals surface area (Å²) >= 11 is 1.57. The minimum absolute atomic E-state index is 0.0822. The average Bonchev–Trinajstić information content (AvgIpc) is 3.35. The number of fused-ring (bicyclic) bond motifs is 2. The van der Waals surface area contributed by atoms with Crippen molar-refractivity contribution in [1.82, 2.24) is 15.0 Å². The lowest BCUT2D eigenvalue weighted by Crippen LogP contribution is -2.10. The van der Waals surface area contributed by atoms with Crippen LogP contribution in [0.3, 0.4) is 0 Å². The normalized spacial score (nSPS) is 16.0. The molecule has 1 fully saturated rings. The molecule has 0 spiro atoms. The third-order valence-electron chi connectivity index (χ3n) is 5.94. The van der Waals surface area contributed by atoms with Crippen molar-refractivity contribution in [2.75, 3.05) is 14.2 Å². The number of nitrogens with zero attached hydrogens (tertiary/aromatic N) is 3. The molecular formula is C23H23N3O3S. The summed E-state index contributed by atoms with van der Waals surface area (Å²) in [6.45, 7) is 4.15. The molecule has 2 aromatic heterocycles. The first kappa shape index (κ1) is 19.2. The van der Waals surface area contributed by atoms with Crippen molar-refractivity contribution >= 4 is 32.6 Å². The number of aryl methyl sites for hydroxylation is 1. The summed E-state index contributed by atoms with van der Waals surface area (Å²) in [7, 11) is 3.23. The molecule has 1 aliphatic rings. The van der Waals surface area contributed by atoms with Gasteiger partial charge >= 0.3 is 0 Å². The van der Waals surface area contributed by atoms with E-state index in [2.05, 4.69) is 23.0 Å². The van der Waals surface area contributed by atoms with E-state index in [1.54, 1.807) is 31.8 Å². The number of rotatable bonds is 5. The van der Waals surface area contributed by atoms with E-state index < -0.39 is 6.10 Å². The van der Waals surface area contributed by atoms with Gasteiger partial charge in [-0.15, -0.1) is 11.3 Å². The van der Waals surface area contributed by atoms with Crippen LogP contribution in [0.25, 0.3) is 31.8 Å². The zero-order valence-corrected chi connectivity index (χ0v) is 18.2. The van der Waals surface area contributed by atoms with Crippen LogP contribution in [0.15, 0.2) is 30.5 Å². The highest BCUT2D eigenvalue weighted by atomic mass is 32.1. The van der Waals surface area contributed by atoms with E-state index >= 15 is 0 Å². The Balaban J connectivity index is 1.73. The first-order chi connectivity index (χ1) is 14.4. The van der Waals surface area contributed by atoms with Gasteiger partial charge in [-0.05, 0) is 55.0 Å². The monoisotopic (exact) mass is 421 g/mol. The fourth-order valence-electron chi connectivity index (χ4n) is 3.83. The van der Waals surface area contributed by atoms with Crippen molar-refractivity contribution in [2.45, 2.75) is 32.8 Å². The molecule has 0 bridgehead atoms. The van der Waals surface area contributed by atoms with Gasteiger partial charge in [0.15, 0.2) is 0 Å². The minimum Gasteiger partial charge on any atom is -0.497 e. The van der Waals surface area contributed by atoms with Crippen LogP contribution < -0.4 is 9.47 Å². The largest absolute Gasteiger partial charge is 0.497 e. The zero-order valence-electron chi connectivity index (χ0n) is 17.4. The van der Waals surface area contributed by atoms with Crippen molar-refractivity contribution in [1.29, 1.82) is 0 Å². The fourth-order valence-corrected chi connectivity index (χ4v) is 4.87. The molecule has 0 radical (unpaired) electrons. The summed E-state index contributed by atoms with van der Waals surface area (Å²) < 4.78 is 11.7. The zero-order chi connectivity index (χ0) is 21.0. The molecule has 7 heteroatoms. The molecule has 0 saturated heterocycles. The Bertz CT molecular complexity index is 1280. The lowest BCUT2D eigenvalue weighted by molar-refractivity contribution is 0.105. The van der Waals surface area contributed by atoms with Crippen molar-refractivity contribution in [3.63, 3.8) is 0 Å². The molecule has 30 heavy (non-hydrogen) atoms. The molecule has 2 aromatic carbocycles. The first-order valence-electron chi connectivity index (χ1n) is 9.90. The molecule has 2 heterocycles. The highest BCUT2D eigenvalue weighted by Gasteiger charge is 2.45. The molecule has 1 aliphatic carbocycles. The van der Waals surface area contributed by atoms with Crippen LogP contribution >= 0.6 is 11.3 Å². The van der Waals surface area contributed by atoms with Crippen LogP contribution in [0.4, 0.5) is 0 Å². The van der Waals surface area contributed by atoms with E-state index in [4.69, 9.17) is 14.5 Å².